The van der Waals surface area contributed by atoms with Gasteiger partial charge in [0, 0.05) is 7.11 Å². The maximum atomic E-state index is 6.11. The molecule has 0 spiro atoms. The third-order valence-electron chi connectivity index (χ3n) is 11.1. The van der Waals surface area contributed by atoms with Crippen LogP contribution in [0, 0.1) is 46.3 Å². The Morgan fingerprint density at radius 1 is 0.971 bits per heavy atom. The van der Waals surface area contributed by atoms with Crippen molar-refractivity contribution in [2.75, 3.05) is 27.1 Å². The molecule has 0 N–H and O–H groups in total. The summed E-state index contributed by atoms with van der Waals surface area (Å²) in [5.41, 5.74) is 2.70. The van der Waals surface area contributed by atoms with Gasteiger partial charge in [0.2, 0.25) is 0 Å². The standard InChI is InChI=1S/C31H54O3/c1-22(2)8-7-9-23(3)27-12-13-28-26-11-10-24-20-25(34-21-33-19-18-32-6)14-16-30(24,4)29(26)15-17-31(27,28)5/h10,22-23,25-29H,7-9,11-21H2,1-6H3/t23-,25+,26+,27-,28+,29+,30+,31-/m1/s1. The fourth-order valence-corrected chi connectivity index (χ4v) is 9.14. The molecule has 0 amide bonds. The van der Waals surface area contributed by atoms with Crippen molar-refractivity contribution in [3.63, 3.8) is 0 Å². The van der Waals surface area contributed by atoms with Crippen LogP contribution in [0.5, 0.6) is 0 Å². The zero-order valence-corrected chi connectivity index (χ0v) is 23.2. The zero-order valence-electron chi connectivity index (χ0n) is 23.2. The van der Waals surface area contributed by atoms with Crippen LogP contribution >= 0.6 is 0 Å². The molecule has 196 valence electrons. The number of ether oxygens (including phenoxy) is 3. The Morgan fingerprint density at radius 2 is 1.79 bits per heavy atom. The summed E-state index contributed by atoms with van der Waals surface area (Å²) in [6.07, 6.45) is 18.1. The van der Waals surface area contributed by atoms with Gasteiger partial charge < -0.3 is 14.2 Å². The lowest BCUT2D eigenvalue weighted by molar-refractivity contribution is -0.115. The number of methoxy groups -OCH3 is 1. The summed E-state index contributed by atoms with van der Waals surface area (Å²) in [5, 5.41) is 0. The molecule has 8 atom stereocenters. The third-order valence-corrected chi connectivity index (χ3v) is 11.1. The number of hydrogen-bond acceptors (Lipinski definition) is 3. The molecule has 4 rings (SSSR count). The third kappa shape index (κ3) is 5.32. The number of rotatable bonds is 11. The molecule has 0 unspecified atom stereocenters. The summed E-state index contributed by atoms with van der Waals surface area (Å²) < 4.78 is 16.8. The summed E-state index contributed by atoms with van der Waals surface area (Å²) in [6, 6.07) is 0. The number of allylic oxidation sites excluding steroid dienone is 1. The van der Waals surface area contributed by atoms with Gasteiger partial charge in [-0.1, -0.05) is 65.5 Å². The van der Waals surface area contributed by atoms with Crippen LogP contribution in [0.4, 0.5) is 0 Å². The summed E-state index contributed by atoms with van der Waals surface area (Å²) in [5.74, 6) is 5.44. The predicted octanol–water partition coefficient (Wildman–Crippen LogP) is 8.03. The first-order valence-corrected chi connectivity index (χ1v) is 14.7. The van der Waals surface area contributed by atoms with Gasteiger partial charge in [-0.3, -0.25) is 0 Å². The lowest BCUT2D eigenvalue weighted by atomic mass is 9.47. The molecule has 0 saturated heterocycles. The molecule has 3 saturated carbocycles. The fraction of sp³-hybridized carbons (Fsp3) is 0.935. The quantitative estimate of drug-likeness (QED) is 0.172. The van der Waals surface area contributed by atoms with Crippen molar-refractivity contribution in [3.8, 4) is 0 Å². The summed E-state index contributed by atoms with van der Waals surface area (Å²) in [7, 11) is 1.71. The van der Waals surface area contributed by atoms with Crippen molar-refractivity contribution in [1.29, 1.82) is 0 Å². The van der Waals surface area contributed by atoms with E-state index in [4.69, 9.17) is 14.2 Å². The molecular weight excluding hydrogens is 420 g/mol. The van der Waals surface area contributed by atoms with E-state index >= 15 is 0 Å². The van der Waals surface area contributed by atoms with Gasteiger partial charge in [0.05, 0.1) is 19.3 Å². The zero-order chi connectivity index (χ0) is 24.3. The maximum Gasteiger partial charge on any atom is 0.147 e. The molecule has 0 aromatic rings. The van der Waals surface area contributed by atoms with E-state index in [9.17, 15) is 0 Å². The van der Waals surface area contributed by atoms with Gasteiger partial charge >= 0.3 is 0 Å². The molecule has 4 aliphatic carbocycles. The Morgan fingerprint density at radius 3 is 2.56 bits per heavy atom. The molecular formula is C31H54O3. The van der Waals surface area contributed by atoms with Gasteiger partial charge in [-0.05, 0) is 97.7 Å². The Bertz CT molecular complexity index is 686. The fourth-order valence-electron chi connectivity index (χ4n) is 9.14. The molecule has 4 aliphatic rings. The van der Waals surface area contributed by atoms with Gasteiger partial charge in [-0.2, -0.15) is 0 Å². The van der Waals surface area contributed by atoms with E-state index in [1.807, 2.05) is 0 Å². The van der Waals surface area contributed by atoms with E-state index < -0.39 is 0 Å². The highest BCUT2D eigenvalue weighted by molar-refractivity contribution is 5.25. The smallest absolute Gasteiger partial charge is 0.147 e. The lowest BCUT2D eigenvalue weighted by Crippen LogP contribution is -2.51. The van der Waals surface area contributed by atoms with E-state index in [0.29, 0.717) is 36.9 Å². The van der Waals surface area contributed by atoms with Crippen molar-refractivity contribution < 1.29 is 14.2 Å². The minimum Gasteiger partial charge on any atom is -0.382 e. The molecule has 3 heteroatoms. The summed E-state index contributed by atoms with van der Waals surface area (Å²) in [4.78, 5) is 0. The van der Waals surface area contributed by atoms with E-state index in [1.54, 1.807) is 12.7 Å². The lowest BCUT2D eigenvalue weighted by Gasteiger charge is -2.58. The first-order valence-electron chi connectivity index (χ1n) is 14.7. The van der Waals surface area contributed by atoms with Crippen molar-refractivity contribution in [2.24, 2.45) is 46.3 Å². The second-order valence-electron chi connectivity index (χ2n) is 13.3. The second kappa shape index (κ2) is 11.3. The van der Waals surface area contributed by atoms with Crippen LogP contribution in [0.2, 0.25) is 0 Å². The monoisotopic (exact) mass is 474 g/mol. The average molecular weight is 475 g/mol. The SMILES string of the molecule is COCCOCO[C@H]1CC[C@@]2(C)C(=CC[C@H]3[C@@H]4CC[C@H]([C@H](C)CCCC(C)C)[C@@]4(C)CC[C@@H]32)C1. The molecule has 0 aliphatic heterocycles. The van der Waals surface area contributed by atoms with Crippen molar-refractivity contribution in [2.45, 2.75) is 111 Å². The average Bonchev–Trinajstić information content (AvgIpc) is 3.16. The topological polar surface area (TPSA) is 27.7 Å². The normalized spacial score (nSPS) is 40.4. The van der Waals surface area contributed by atoms with E-state index in [-0.39, 0.29) is 0 Å². The van der Waals surface area contributed by atoms with Gasteiger partial charge in [-0.25, -0.2) is 0 Å². The highest BCUT2D eigenvalue weighted by Crippen LogP contribution is 2.67. The largest absolute Gasteiger partial charge is 0.382 e. The first kappa shape index (κ1) is 26.7. The molecule has 0 radical (unpaired) electrons. The maximum absolute atomic E-state index is 6.11. The van der Waals surface area contributed by atoms with E-state index in [2.05, 4.69) is 40.7 Å². The Balaban J connectivity index is 1.37. The molecule has 0 heterocycles. The number of fused-ring (bicyclic) bond motifs is 5. The Labute approximate surface area is 210 Å². The molecule has 0 aromatic heterocycles. The predicted molar refractivity (Wildman–Crippen MR) is 141 cm³/mol. The van der Waals surface area contributed by atoms with Crippen LogP contribution in [0.3, 0.4) is 0 Å². The first-order chi connectivity index (χ1) is 16.3. The molecule has 3 fully saturated rings. The van der Waals surface area contributed by atoms with Crippen LogP contribution in [0.15, 0.2) is 11.6 Å². The van der Waals surface area contributed by atoms with Gasteiger partial charge in [0.25, 0.3) is 0 Å². The molecule has 0 aromatic carbocycles. The highest BCUT2D eigenvalue weighted by Gasteiger charge is 2.59. The van der Waals surface area contributed by atoms with Gasteiger partial charge in [-0.15, -0.1) is 0 Å². The van der Waals surface area contributed by atoms with Gasteiger partial charge in [0.15, 0.2) is 0 Å². The minimum absolute atomic E-state index is 0.329. The summed E-state index contributed by atoms with van der Waals surface area (Å²) in [6.45, 7) is 14.3. The van der Waals surface area contributed by atoms with E-state index in [0.717, 1.165) is 41.9 Å². The highest BCUT2D eigenvalue weighted by atomic mass is 16.7. The Kier molecular flexibility index (Phi) is 8.90. The van der Waals surface area contributed by atoms with Crippen LogP contribution < -0.4 is 0 Å². The van der Waals surface area contributed by atoms with Crippen molar-refractivity contribution in [3.05, 3.63) is 11.6 Å². The van der Waals surface area contributed by atoms with Crippen LogP contribution in [0.25, 0.3) is 0 Å². The summed E-state index contributed by atoms with van der Waals surface area (Å²) >= 11 is 0. The minimum atomic E-state index is 0.329. The molecule has 3 nitrogen and oxygen atoms in total. The van der Waals surface area contributed by atoms with E-state index in [1.165, 1.54) is 64.2 Å². The van der Waals surface area contributed by atoms with Crippen LogP contribution in [-0.2, 0) is 14.2 Å². The van der Waals surface area contributed by atoms with Crippen molar-refractivity contribution in [1.82, 2.24) is 0 Å². The van der Waals surface area contributed by atoms with Crippen molar-refractivity contribution >= 4 is 0 Å². The van der Waals surface area contributed by atoms with Crippen LogP contribution in [0.1, 0.15) is 105 Å². The van der Waals surface area contributed by atoms with Gasteiger partial charge in [0.1, 0.15) is 6.79 Å². The Hall–Kier alpha value is -0.380. The second-order valence-corrected chi connectivity index (χ2v) is 13.3. The van der Waals surface area contributed by atoms with Crippen LogP contribution in [-0.4, -0.2) is 33.2 Å². The number of hydrogen-bond donors (Lipinski definition) is 0. The molecule has 34 heavy (non-hydrogen) atoms. The molecule has 0 bridgehead atoms.